The van der Waals surface area contributed by atoms with Gasteiger partial charge in [-0.25, -0.2) is 0 Å². The Labute approximate surface area is 96.8 Å². The van der Waals surface area contributed by atoms with Gasteiger partial charge in [-0.3, -0.25) is 0 Å². The molecule has 2 nitrogen and oxygen atoms in total. The molecule has 2 atom stereocenters. The van der Waals surface area contributed by atoms with Crippen LogP contribution in [0.3, 0.4) is 0 Å². The average molecular weight is 217 g/mol. The Hall–Kier alpha value is -0.860. The molecule has 0 bridgehead atoms. The van der Waals surface area contributed by atoms with E-state index in [9.17, 15) is 0 Å². The number of hydrogen-bond donors (Lipinski definition) is 1. The zero-order valence-corrected chi connectivity index (χ0v) is 9.99. The molecule has 0 radical (unpaired) electrons. The van der Waals surface area contributed by atoms with Gasteiger partial charge in [-0.2, -0.15) is 0 Å². The van der Waals surface area contributed by atoms with Crippen LogP contribution in [0.2, 0.25) is 0 Å². The Balaban J connectivity index is 1.91. The number of fused-ring (bicyclic) bond motifs is 1. The van der Waals surface area contributed by atoms with Gasteiger partial charge in [-0.15, -0.1) is 0 Å². The fourth-order valence-electron chi connectivity index (χ4n) is 2.93. The molecule has 16 heavy (non-hydrogen) atoms. The summed E-state index contributed by atoms with van der Waals surface area (Å²) >= 11 is 0. The van der Waals surface area contributed by atoms with Crippen molar-refractivity contribution in [1.29, 1.82) is 0 Å². The summed E-state index contributed by atoms with van der Waals surface area (Å²) in [5.74, 6) is 0.619. The predicted octanol–water partition coefficient (Wildman–Crippen LogP) is 2.56. The molecule has 1 aromatic carbocycles. The minimum Gasteiger partial charge on any atom is -0.372 e. The van der Waals surface area contributed by atoms with Crippen LogP contribution in [0.15, 0.2) is 18.2 Å². The summed E-state index contributed by atoms with van der Waals surface area (Å²) in [6.45, 7) is 6.11. The molecule has 3 rings (SSSR count). The average Bonchev–Trinajstić information content (AvgIpc) is 2.72. The first kappa shape index (κ1) is 10.3. The third kappa shape index (κ3) is 1.33. The molecule has 0 spiro atoms. The van der Waals surface area contributed by atoms with Crippen molar-refractivity contribution in [1.82, 2.24) is 0 Å². The molecule has 2 heteroatoms. The van der Waals surface area contributed by atoms with Crippen molar-refractivity contribution in [2.45, 2.75) is 45.4 Å². The van der Waals surface area contributed by atoms with Crippen LogP contribution >= 0.6 is 0 Å². The molecule has 1 aliphatic carbocycles. The normalized spacial score (nSPS) is 30.9. The van der Waals surface area contributed by atoms with Gasteiger partial charge >= 0.3 is 0 Å². The van der Waals surface area contributed by atoms with E-state index in [-0.39, 0.29) is 5.41 Å². The zero-order chi connectivity index (χ0) is 11.3. The lowest BCUT2D eigenvalue weighted by Crippen LogP contribution is -2.52. The number of rotatable bonds is 1. The second-order valence-electron chi connectivity index (χ2n) is 5.74. The third-order valence-corrected chi connectivity index (χ3v) is 4.49. The highest BCUT2D eigenvalue weighted by Crippen LogP contribution is 2.51. The van der Waals surface area contributed by atoms with Crippen molar-refractivity contribution in [3.63, 3.8) is 0 Å². The van der Waals surface area contributed by atoms with Gasteiger partial charge in [-0.05, 0) is 34.4 Å². The zero-order valence-electron chi connectivity index (χ0n) is 9.99. The molecule has 1 aromatic rings. The van der Waals surface area contributed by atoms with Gasteiger partial charge in [0.2, 0.25) is 0 Å². The summed E-state index contributed by atoms with van der Waals surface area (Å²) < 4.78 is 5.45. The van der Waals surface area contributed by atoms with E-state index in [0.29, 0.717) is 12.0 Å². The van der Waals surface area contributed by atoms with E-state index < -0.39 is 0 Å². The summed E-state index contributed by atoms with van der Waals surface area (Å²) in [7, 11) is 0. The number of hydrogen-bond acceptors (Lipinski definition) is 2. The minimum absolute atomic E-state index is 0.244. The van der Waals surface area contributed by atoms with Gasteiger partial charge in [0, 0.05) is 6.04 Å². The first-order chi connectivity index (χ1) is 7.59. The van der Waals surface area contributed by atoms with Gasteiger partial charge in [0.05, 0.1) is 13.2 Å². The Kier molecular flexibility index (Phi) is 2.13. The van der Waals surface area contributed by atoms with E-state index in [1.54, 1.807) is 0 Å². The Bertz CT molecular complexity index is 425. The van der Waals surface area contributed by atoms with Crippen LogP contribution in [-0.2, 0) is 18.0 Å². The summed E-state index contributed by atoms with van der Waals surface area (Å²) in [6.07, 6.45) is 1.12. The monoisotopic (exact) mass is 217 g/mol. The number of ether oxygens (including phenoxy) is 1. The van der Waals surface area contributed by atoms with Crippen LogP contribution in [0.5, 0.6) is 0 Å². The summed E-state index contributed by atoms with van der Waals surface area (Å²) in [4.78, 5) is 0. The quantitative estimate of drug-likeness (QED) is 0.784. The molecule has 1 saturated carbocycles. The van der Waals surface area contributed by atoms with Gasteiger partial charge in [0.15, 0.2) is 0 Å². The molecule has 1 heterocycles. The SMILES string of the molecule is CC1(C)C(N)CC1c1ccc2c(c1)COC2. The lowest BCUT2D eigenvalue weighted by Gasteiger charge is -2.51. The lowest BCUT2D eigenvalue weighted by atomic mass is 9.56. The molecule has 0 amide bonds. The molecule has 0 aromatic heterocycles. The second-order valence-corrected chi connectivity index (χ2v) is 5.74. The number of nitrogens with two attached hydrogens (primary N) is 1. The van der Waals surface area contributed by atoms with Crippen molar-refractivity contribution in [2.75, 3.05) is 0 Å². The van der Waals surface area contributed by atoms with E-state index in [2.05, 4.69) is 32.0 Å². The highest BCUT2D eigenvalue weighted by molar-refractivity contribution is 5.37. The molecular weight excluding hydrogens is 198 g/mol. The second kappa shape index (κ2) is 3.31. The van der Waals surface area contributed by atoms with E-state index >= 15 is 0 Å². The van der Waals surface area contributed by atoms with Crippen molar-refractivity contribution < 1.29 is 4.74 Å². The fourth-order valence-corrected chi connectivity index (χ4v) is 2.93. The summed E-state index contributed by atoms with van der Waals surface area (Å²) in [5.41, 5.74) is 10.5. The van der Waals surface area contributed by atoms with E-state index in [0.717, 1.165) is 19.6 Å². The van der Waals surface area contributed by atoms with Crippen LogP contribution in [0, 0.1) is 5.41 Å². The Morgan fingerprint density at radius 3 is 2.69 bits per heavy atom. The highest BCUT2D eigenvalue weighted by atomic mass is 16.5. The molecule has 2 N–H and O–H groups in total. The van der Waals surface area contributed by atoms with Crippen LogP contribution in [0.4, 0.5) is 0 Å². The maximum atomic E-state index is 6.07. The Morgan fingerprint density at radius 2 is 2.00 bits per heavy atom. The van der Waals surface area contributed by atoms with Gasteiger partial charge in [0.1, 0.15) is 0 Å². The first-order valence-corrected chi connectivity index (χ1v) is 6.04. The summed E-state index contributed by atoms with van der Waals surface area (Å²) in [6, 6.07) is 7.14. The first-order valence-electron chi connectivity index (χ1n) is 6.04. The van der Waals surface area contributed by atoms with Gasteiger partial charge in [-0.1, -0.05) is 32.0 Å². The van der Waals surface area contributed by atoms with E-state index in [4.69, 9.17) is 10.5 Å². The molecule has 86 valence electrons. The standard InChI is InChI=1S/C14H19NO/c1-14(2)12(6-13(14)15)9-3-4-10-7-16-8-11(10)5-9/h3-5,12-13H,6-8,15H2,1-2H3. The topological polar surface area (TPSA) is 35.2 Å². The molecular formula is C14H19NO. The molecule has 2 aliphatic rings. The molecule has 2 unspecified atom stereocenters. The highest BCUT2D eigenvalue weighted by Gasteiger charge is 2.46. The van der Waals surface area contributed by atoms with Crippen LogP contribution in [0.25, 0.3) is 0 Å². The fraction of sp³-hybridized carbons (Fsp3) is 0.571. The smallest absolute Gasteiger partial charge is 0.0725 e. The van der Waals surface area contributed by atoms with E-state index in [1.807, 2.05) is 0 Å². The van der Waals surface area contributed by atoms with Crippen LogP contribution < -0.4 is 5.73 Å². The maximum absolute atomic E-state index is 6.07. The largest absolute Gasteiger partial charge is 0.372 e. The lowest BCUT2D eigenvalue weighted by molar-refractivity contribution is 0.0982. The minimum atomic E-state index is 0.244. The Morgan fingerprint density at radius 1 is 1.25 bits per heavy atom. The molecule has 1 fully saturated rings. The van der Waals surface area contributed by atoms with Crippen molar-refractivity contribution in [3.05, 3.63) is 34.9 Å². The summed E-state index contributed by atoms with van der Waals surface area (Å²) in [5, 5.41) is 0. The number of benzene rings is 1. The van der Waals surface area contributed by atoms with Crippen molar-refractivity contribution in [3.8, 4) is 0 Å². The van der Waals surface area contributed by atoms with Crippen LogP contribution in [0.1, 0.15) is 42.9 Å². The maximum Gasteiger partial charge on any atom is 0.0725 e. The molecule has 0 saturated heterocycles. The van der Waals surface area contributed by atoms with Gasteiger partial charge in [0.25, 0.3) is 0 Å². The molecule has 1 aliphatic heterocycles. The van der Waals surface area contributed by atoms with E-state index in [1.165, 1.54) is 16.7 Å². The van der Waals surface area contributed by atoms with Gasteiger partial charge < -0.3 is 10.5 Å². The van der Waals surface area contributed by atoms with Crippen molar-refractivity contribution in [2.24, 2.45) is 11.1 Å². The third-order valence-electron chi connectivity index (χ3n) is 4.49. The van der Waals surface area contributed by atoms with Crippen LogP contribution in [-0.4, -0.2) is 6.04 Å². The predicted molar refractivity (Wildman–Crippen MR) is 64.0 cm³/mol. The van der Waals surface area contributed by atoms with Crippen molar-refractivity contribution >= 4 is 0 Å².